The van der Waals surface area contributed by atoms with Crippen molar-refractivity contribution in [2.24, 2.45) is 0 Å². The second kappa shape index (κ2) is 5.42. The maximum Gasteiger partial charge on any atom is 0.320 e. The van der Waals surface area contributed by atoms with Crippen LogP contribution in [0.15, 0.2) is 0 Å². The van der Waals surface area contributed by atoms with Gasteiger partial charge in [0.2, 0.25) is 0 Å². The van der Waals surface area contributed by atoms with Gasteiger partial charge in [-0.15, -0.1) is 11.8 Å². The van der Waals surface area contributed by atoms with Crippen molar-refractivity contribution in [3.63, 3.8) is 0 Å². The van der Waals surface area contributed by atoms with E-state index in [0.29, 0.717) is 6.04 Å². The third-order valence-corrected chi connectivity index (χ3v) is 3.69. The van der Waals surface area contributed by atoms with Crippen LogP contribution in [-0.4, -0.2) is 67.0 Å². The fourth-order valence-electron chi connectivity index (χ4n) is 2.33. The second-order valence-electron chi connectivity index (χ2n) is 4.93. The first-order chi connectivity index (χ1) is 8.18. The molecule has 0 aromatic carbocycles. The van der Waals surface area contributed by atoms with Crippen LogP contribution in [0.5, 0.6) is 0 Å². The summed E-state index contributed by atoms with van der Waals surface area (Å²) < 4.78 is 0. The van der Waals surface area contributed by atoms with Crippen LogP contribution in [0.25, 0.3) is 0 Å². The van der Waals surface area contributed by atoms with Crippen LogP contribution in [0.4, 0.5) is 4.79 Å². The van der Waals surface area contributed by atoms with Crippen molar-refractivity contribution in [3.8, 4) is 11.8 Å². The highest BCUT2D eigenvalue weighted by atomic mass is 16.2. The topological polar surface area (TPSA) is 26.8 Å². The van der Waals surface area contributed by atoms with Crippen LogP contribution in [0, 0.1) is 11.8 Å². The summed E-state index contributed by atoms with van der Waals surface area (Å²) in [5, 5.41) is 0. The highest BCUT2D eigenvalue weighted by Crippen LogP contribution is 2.15. The maximum atomic E-state index is 12.3. The quantitative estimate of drug-likeness (QED) is 0.630. The van der Waals surface area contributed by atoms with Gasteiger partial charge in [-0.25, -0.2) is 4.79 Å². The van der Waals surface area contributed by atoms with E-state index in [9.17, 15) is 4.79 Å². The van der Waals surface area contributed by atoms with Crippen LogP contribution >= 0.6 is 0 Å². The standard InChI is InChI=1S/C13H21N3O/c1-14-8-10-16(11-9-14)13(17)15(2)12-6-4-3-5-7-12/h12H,4,6-11H2,1-2H3. The molecule has 1 heterocycles. The smallest absolute Gasteiger partial charge is 0.320 e. The molecule has 1 saturated heterocycles. The number of hydrogen-bond donors (Lipinski definition) is 0. The first kappa shape index (κ1) is 12.3. The van der Waals surface area contributed by atoms with E-state index in [1.54, 1.807) is 0 Å². The zero-order chi connectivity index (χ0) is 12.3. The highest BCUT2D eigenvalue weighted by molar-refractivity contribution is 5.74. The summed E-state index contributed by atoms with van der Waals surface area (Å²) in [5.41, 5.74) is 0. The number of piperazine rings is 1. The van der Waals surface area contributed by atoms with Gasteiger partial charge in [0.25, 0.3) is 0 Å². The molecule has 0 radical (unpaired) electrons. The first-order valence-electron chi connectivity index (χ1n) is 6.34. The number of likely N-dealkylation sites (N-methyl/N-ethyl adjacent to an activating group) is 1. The van der Waals surface area contributed by atoms with Gasteiger partial charge in [0.15, 0.2) is 0 Å². The first-order valence-corrected chi connectivity index (χ1v) is 6.34. The molecular formula is C13H21N3O. The van der Waals surface area contributed by atoms with Gasteiger partial charge in [0.1, 0.15) is 0 Å². The summed E-state index contributed by atoms with van der Waals surface area (Å²) >= 11 is 0. The lowest BCUT2D eigenvalue weighted by molar-refractivity contribution is 0.116. The lowest BCUT2D eigenvalue weighted by atomic mass is 10.0. The fraction of sp³-hybridized carbons (Fsp3) is 0.769. The Morgan fingerprint density at radius 1 is 1.24 bits per heavy atom. The Labute approximate surface area is 104 Å². The van der Waals surface area contributed by atoms with Crippen LogP contribution in [0.3, 0.4) is 0 Å². The maximum absolute atomic E-state index is 12.3. The minimum atomic E-state index is 0.173. The van der Waals surface area contributed by atoms with Crippen LogP contribution in [0.2, 0.25) is 0 Å². The molecule has 0 aromatic heterocycles. The molecule has 0 saturated carbocycles. The highest BCUT2D eigenvalue weighted by Gasteiger charge is 2.26. The van der Waals surface area contributed by atoms with E-state index in [0.717, 1.165) is 45.4 Å². The van der Waals surface area contributed by atoms with Gasteiger partial charge in [-0.1, -0.05) is 0 Å². The third-order valence-electron chi connectivity index (χ3n) is 3.69. The van der Waals surface area contributed by atoms with E-state index >= 15 is 0 Å². The summed E-state index contributed by atoms with van der Waals surface area (Å²) in [6.45, 7) is 3.64. The molecule has 0 aromatic rings. The molecule has 1 fully saturated rings. The molecule has 2 aliphatic rings. The molecule has 0 bridgehead atoms. The molecular weight excluding hydrogens is 214 g/mol. The van der Waals surface area contributed by atoms with E-state index in [1.165, 1.54) is 0 Å². The van der Waals surface area contributed by atoms with Crippen molar-refractivity contribution in [2.75, 3.05) is 40.3 Å². The summed E-state index contributed by atoms with van der Waals surface area (Å²) in [7, 11) is 4.01. The minimum Gasteiger partial charge on any atom is -0.324 e. The average molecular weight is 235 g/mol. The van der Waals surface area contributed by atoms with E-state index in [-0.39, 0.29) is 6.03 Å². The second-order valence-corrected chi connectivity index (χ2v) is 4.93. The van der Waals surface area contributed by atoms with Gasteiger partial charge < -0.3 is 14.7 Å². The molecule has 0 N–H and O–H groups in total. The number of carbonyl (C=O) groups is 1. The normalized spacial score (nSPS) is 25.1. The van der Waals surface area contributed by atoms with Gasteiger partial charge in [0.05, 0.1) is 0 Å². The Hall–Kier alpha value is -1.21. The van der Waals surface area contributed by atoms with Gasteiger partial charge in [-0.05, 0) is 13.5 Å². The molecule has 4 heteroatoms. The van der Waals surface area contributed by atoms with E-state index in [4.69, 9.17) is 0 Å². The monoisotopic (exact) mass is 235 g/mol. The summed E-state index contributed by atoms with van der Waals surface area (Å²) in [5.74, 6) is 6.20. The van der Waals surface area contributed by atoms with E-state index in [2.05, 4.69) is 23.8 Å². The lowest BCUT2D eigenvalue weighted by Crippen LogP contribution is -2.53. The van der Waals surface area contributed by atoms with Crippen LogP contribution in [0.1, 0.15) is 19.3 Å². The van der Waals surface area contributed by atoms with Crippen molar-refractivity contribution in [1.29, 1.82) is 0 Å². The zero-order valence-corrected chi connectivity index (χ0v) is 10.8. The zero-order valence-electron chi connectivity index (χ0n) is 10.8. The average Bonchev–Trinajstić information content (AvgIpc) is 2.39. The Morgan fingerprint density at radius 3 is 2.53 bits per heavy atom. The Balaban J connectivity index is 1.89. The molecule has 17 heavy (non-hydrogen) atoms. The SMILES string of the molecule is CN1CCN(C(=O)N(C)C2CC#CCC2)CC1. The van der Waals surface area contributed by atoms with E-state index < -0.39 is 0 Å². The lowest BCUT2D eigenvalue weighted by Gasteiger charge is -2.37. The van der Waals surface area contributed by atoms with E-state index in [1.807, 2.05) is 16.8 Å². The number of rotatable bonds is 1. The van der Waals surface area contributed by atoms with Crippen molar-refractivity contribution >= 4 is 6.03 Å². The van der Waals surface area contributed by atoms with Crippen molar-refractivity contribution in [1.82, 2.24) is 14.7 Å². The Bertz CT molecular complexity index is 336. The molecule has 1 atom stereocenters. The number of urea groups is 1. The van der Waals surface area contributed by atoms with Gasteiger partial charge in [-0.2, -0.15) is 0 Å². The van der Waals surface area contributed by atoms with Gasteiger partial charge in [-0.3, -0.25) is 0 Å². The van der Waals surface area contributed by atoms with Crippen LogP contribution in [-0.2, 0) is 0 Å². The number of carbonyl (C=O) groups excluding carboxylic acids is 1. The Morgan fingerprint density at radius 2 is 1.94 bits per heavy atom. The molecule has 1 unspecified atom stereocenters. The van der Waals surface area contributed by atoms with Crippen molar-refractivity contribution < 1.29 is 4.79 Å². The number of amides is 2. The largest absolute Gasteiger partial charge is 0.324 e. The molecule has 2 amide bonds. The number of hydrogen-bond acceptors (Lipinski definition) is 2. The minimum absolute atomic E-state index is 0.173. The molecule has 0 spiro atoms. The van der Waals surface area contributed by atoms with Crippen LogP contribution < -0.4 is 0 Å². The molecule has 1 aliphatic heterocycles. The Kier molecular flexibility index (Phi) is 3.90. The molecule has 4 nitrogen and oxygen atoms in total. The summed E-state index contributed by atoms with van der Waals surface area (Å²) in [6.07, 6.45) is 2.77. The molecule has 94 valence electrons. The predicted molar refractivity (Wildman–Crippen MR) is 67.6 cm³/mol. The third kappa shape index (κ3) is 2.92. The summed E-state index contributed by atoms with van der Waals surface area (Å²) in [4.78, 5) is 18.4. The number of nitrogens with zero attached hydrogens (tertiary/aromatic N) is 3. The fourth-order valence-corrected chi connectivity index (χ4v) is 2.33. The summed E-state index contributed by atoms with van der Waals surface area (Å²) in [6, 6.07) is 0.482. The van der Waals surface area contributed by atoms with Gasteiger partial charge >= 0.3 is 6.03 Å². The van der Waals surface area contributed by atoms with Crippen molar-refractivity contribution in [2.45, 2.75) is 25.3 Å². The van der Waals surface area contributed by atoms with Crippen molar-refractivity contribution in [3.05, 3.63) is 0 Å². The predicted octanol–water partition coefficient (Wildman–Crippen LogP) is 0.841. The van der Waals surface area contributed by atoms with Gasteiger partial charge in [0, 0.05) is 52.1 Å². The molecule has 1 aliphatic carbocycles. The molecule has 2 rings (SSSR count).